The number of halogens is 4. The first-order valence-corrected chi connectivity index (χ1v) is 8.03. The Morgan fingerprint density at radius 2 is 0.920 bits per heavy atom. The van der Waals surface area contributed by atoms with Crippen LogP contribution in [0.5, 0.6) is 0 Å². The van der Waals surface area contributed by atoms with Gasteiger partial charge in [0, 0.05) is 20.8 Å². The largest absolute Gasteiger partial charge is 0.477 e. The van der Waals surface area contributed by atoms with Gasteiger partial charge in [-0.15, -0.1) is 11.6 Å². The Hall–Kier alpha value is -0.960. The highest BCUT2D eigenvalue weighted by Gasteiger charge is 2.48. The number of alkyl halides is 4. The number of hydrogen-bond donors (Lipinski definition) is 1. The lowest BCUT2D eigenvalue weighted by molar-refractivity contribution is -0.189. The zero-order valence-corrected chi connectivity index (χ0v) is 16.8. The molecule has 0 bridgehead atoms. The number of aliphatic carboxylic acids is 1. The van der Waals surface area contributed by atoms with Crippen molar-refractivity contribution >= 4 is 70.3 Å². The molecule has 0 aromatic heterocycles. The summed E-state index contributed by atoms with van der Waals surface area (Å²) < 4.78 is 13.8. The number of rotatable bonds is 7. The van der Waals surface area contributed by atoms with E-state index in [1.165, 1.54) is 13.8 Å². The fourth-order valence-electron chi connectivity index (χ4n) is 0.953. The van der Waals surface area contributed by atoms with Gasteiger partial charge >= 0.3 is 23.9 Å². The van der Waals surface area contributed by atoms with E-state index < -0.39 is 43.9 Å². The molecule has 0 spiro atoms. The lowest BCUT2D eigenvalue weighted by atomic mass is 10.2. The van der Waals surface area contributed by atoms with Crippen molar-refractivity contribution in [2.75, 3.05) is 0 Å². The molecule has 0 aliphatic heterocycles. The van der Waals surface area contributed by atoms with E-state index in [0.717, 1.165) is 20.8 Å². The van der Waals surface area contributed by atoms with Crippen LogP contribution in [0.2, 0.25) is 0 Å². The molecule has 0 saturated carbocycles. The van der Waals surface area contributed by atoms with Crippen molar-refractivity contribution in [2.24, 2.45) is 0 Å². The molecule has 25 heavy (non-hydrogen) atoms. The molecule has 0 fully saturated rings. The summed E-state index contributed by atoms with van der Waals surface area (Å²) in [5.41, 5.74) is 0. The number of esters is 3. The standard InChI is InChI=1S/C13H16Cl4O8/c1-10(2,14)7(20)23-12(4,16)9(22)25-13(5,17)8(21)24-11(3,15)6(18)19/h1-5H3,(H,18,19). The SMILES string of the molecule is CC(C)(Cl)C(=O)OC(C)(Cl)C(=O)OC(C)(Cl)C(=O)OC(C)(Cl)C(=O)O. The number of ether oxygens (including phenoxy) is 3. The molecular formula is C13H16Cl4O8. The van der Waals surface area contributed by atoms with Crippen LogP contribution in [0.1, 0.15) is 34.6 Å². The van der Waals surface area contributed by atoms with Gasteiger partial charge in [0.15, 0.2) is 0 Å². The Morgan fingerprint density at radius 1 is 0.640 bits per heavy atom. The van der Waals surface area contributed by atoms with Gasteiger partial charge in [0.2, 0.25) is 0 Å². The van der Waals surface area contributed by atoms with Crippen LogP contribution in [0.3, 0.4) is 0 Å². The summed E-state index contributed by atoms with van der Waals surface area (Å²) in [6.45, 7) is 5.29. The van der Waals surface area contributed by atoms with Crippen LogP contribution in [0.25, 0.3) is 0 Å². The highest BCUT2D eigenvalue weighted by Crippen LogP contribution is 2.30. The van der Waals surface area contributed by atoms with Gasteiger partial charge in [-0.05, 0) is 13.8 Å². The van der Waals surface area contributed by atoms with Crippen molar-refractivity contribution < 1.29 is 38.5 Å². The molecular weight excluding hydrogens is 426 g/mol. The van der Waals surface area contributed by atoms with Gasteiger partial charge in [0.1, 0.15) is 4.87 Å². The Balaban J connectivity index is 5.15. The predicted octanol–water partition coefficient (Wildman–Crippen LogP) is 2.58. The topological polar surface area (TPSA) is 116 Å². The third-order valence-corrected chi connectivity index (χ3v) is 3.31. The average Bonchev–Trinajstić information content (AvgIpc) is 2.35. The summed E-state index contributed by atoms with van der Waals surface area (Å²) in [6.07, 6.45) is 0. The second-order valence-corrected chi connectivity index (χ2v) is 8.81. The first-order chi connectivity index (χ1) is 10.8. The van der Waals surface area contributed by atoms with Crippen molar-refractivity contribution in [2.45, 2.75) is 54.7 Å². The zero-order chi connectivity index (χ0) is 20.4. The van der Waals surface area contributed by atoms with Gasteiger partial charge in [-0.25, -0.2) is 14.4 Å². The van der Waals surface area contributed by atoms with E-state index in [1.807, 2.05) is 0 Å². The van der Waals surface area contributed by atoms with Crippen LogP contribution in [-0.2, 0) is 33.4 Å². The van der Waals surface area contributed by atoms with Gasteiger partial charge in [-0.2, -0.15) is 0 Å². The summed E-state index contributed by atoms with van der Waals surface area (Å²) >= 11 is 22.7. The van der Waals surface area contributed by atoms with E-state index in [1.54, 1.807) is 0 Å². The fourth-order valence-corrected chi connectivity index (χ4v) is 1.28. The van der Waals surface area contributed by atoms with Crippen molar-refractivity contribution in [3.05, 3.63) is 0 Å². The summed E-state index contributed by atoms with van der Waals surface area (Å²) in [6, 6.07) is 0. The Morgan fingerprint density at radius 3 is 1.20 bits per heavy atom. The maximum atomic E-state index is 12.0. The maximum absolute atomic E-state index is 12.0. The Labute approximate surface area is 163 Å². The third-order valence-electron chi connectivity index (χ3n) is 2.45. The zero-order valence-electron chi connectivity index (χ0n) is 13.8. The van der Waals surface area contributed by atoms with Gasteiger partial charge in [-0.1, -0.05) is 34.8 Å². The first-order valence-electron chi connectivity index (χ1n) is 6.52. The minimum atomic E-state index is -2.50. The van der Waals surface area contributed by atoms with Crippen molar-refractivity contribution in [3.8, 4) is 0 Å². The Bertz CT molecular complexity index is 577. The van der Waals surface area contributed by atoms with Crippen molar-refractivity contribution in [3.63, 3.8) is 0 Å². The molecule has 3 atom stereocenters. The molecule has 8 nitrogen and oxygen atoms in total. The molecule has 0 aromatic carbocycles. The van der Waals surface area contributed by atoms with Crippen LogP contribution < -0.4 is 0 Å². The molecule has 0 aromatic rings. The maximum Gasteiger partial charge on any atom is 0.368 e. The molecule has 0 radical (unpaired) electrons. The summed E-state index contributed by atoms with van der Waals surface area (Å²) in [5, 5.41) is 1.48. The highest BCUT2D eigenvalue weighted by atomic mass is 35.5. The lowest BCUT2D eigenvalue weighted by Gasteiger charge is -2.29. The molecule has 0 heterocycles. The first kappa shape index (κ1) is 24.0. The predicted molar refractivity (Wildman–Crippen MR) is 88.6 cm³/mol. The second kappa shape index (κ2) is 7.73. The normalized spacial score (nSPS) is 18.8. The summed E-state index contributed by atoms with van der Waals surface area (Å²) in [5.74, 6) is -5.63. The Kier molecular flexibility index (Phi) is 7.44. The molecule has 0 amide bonds. The van der Waals surface area contributed by atoms with Crippen LogP contribution in [-0.4, -0.2) is 49.0 Å². The number of carboxylic acids is 1. The molecule has 1 N–H and O–H groups in total. The quantitative estimate of drug-likeness (QED) is 0.364. The molecule has 12 heteroatoms. The second-order valence-electron chi connectivity index (χ2n) is 5.70. The van der Waals surface area contributed by atoms with Crippen LogP contribution in [0, 0.1) is 0 Å². The monoisotopic (exact) mass is 440 g/mol. The third kappa shape index (κ3) is 7.05. The highest BCUT2D eigenvalue weighted by molar-refractivity contribution is 6.38. The van der Waals surface area contributed by atoms with E-state index in [4.69, 9.17) is 56.2 Å². The van der Waals surface area contributed by atoms with E-state index in [2.05, 4.69) is 9.47 Å². The van der Waals surface area contributed by atoms with Crippen molar-refractivity contribution in [1.82, 2.24) is 0 Å². The number of hydrogen-bond acceptors (Lipinski definition) is 7. The fraction of sp³-hybridized carbons (Fsp3) is 0.692. The van der Waals surface area contributed by atoms with Gasteiger partial charge < -0.3 is 19.3 Å². The lowest BCUT2D eigenvalue weighted by Crippen LogP contribution is -2.48. The van der Waals surface area contributed by atoms with Crippen LogP contribution >= 0.6 is 46.4 Å². The molecule has 0 aliphatic rings. The number of carbonyl (C=O) groups excluding carboxylic acids is 3. The van der Waals surface area contributed by atoms with Gasteiger partial charge in [-0.3, -0.25) is 4.79 Å². The van der Waals surface area contributed by atoms with E-state index in [-0.39, 0.29) is 0 Å². The van der Waals surface area contributed by atoms with Gasteiger partial charge in [0.05, 0.1) is 0 Å². The van der Waals surface area contributed by atoms with E-state index in [9.17, 15) is 19.2 Å². The minimum Gasteiger partial charge on any atom is -0.477 e. The smallest absolute Gasteiger partial charge is 0.368 e. The molecule has 0 saturated heterocycles. The van der Waals surface area contributed by atoms with Gasteiger partial charge in [0.25, 0.3) is 15.2 Å². The van der Waals surface area contributed by atoms with E-state index in [0.29, 0.717) is 0 Å². The molecule has 3 unspecified atom stereocenters. The summed E-state index contributed by atoms with van der Waals surface area (Å²) in [7, 11) is 0. The average molecular weight is 442 g/mol. The van der Waals surface area contributed by atoms with E-state index >= 15 is 0 Å². The summed E-state index contributed by atoms with van der Waals surface area (Å²) in [4.78, 5) is 44.9. The number of carbonyl (C=O) groups is 4. The van der Waals surface area contributed by atoms with Crippen molar-refractivity contribution in [1.29, 1.82) is 0 Å². The molecule has 144 valence electrons. The van der Waals surface area contributed by atoms with Crippen LogP contribution in [0.15, 0.2) is 0 Å². The molecule has 0 rings (SSSR count). The molecule has 0 aliphatic carbocycles. The number of carboxylic acid groups (broad SMARTS) is 1. The van der Waals surface area contributed by atoms with Crippen LogP contribution in [0.4, 0.5) is 0 Å². The minimum absolute atomic E-state index is 0.861.